The fourth-order valence-corrected chi connectivity index (χ4v) is 2.86. The summed E-state index contributed by atoms with van der Waals surface area (Å²) < 4.78 is 0.497. The highest BCUT2D eigenvalue weighted by Crippen LogP contribution is 2.38. The molecule has 0 aromatic heterocycles. The van der Waals surface area contributed by atoms with Gasteiger partial charge in [0.15, 0.2) is 5.75 Å². The van der Waals surface area contributed by atoms with Crippen LogP contribution in [0.15, 0.2) is 39.0 Å². The smallest absolute Gasteiger partial charge is 0.157 e. The fraction of sp³-hybridized carbons (Fsp3) is 0.200. The van der Waals surface area contributed by atoms with E-state index in [0.29, 0.717) is 15.2 Å². The summed E-state index contributed by atoms with van der Waals surface area (Å²) in [5.41, 5.74) is 4.43. The Hall–Kier alpha value is -1.39. The number of hydrogen-bond donors (Lipinski definition) is 1. The highest BCUT2D eigenvalue weighted by atomic mass is 79.9. The molecule has 0 heterocycles. The summed E-state index contributed by atoms with van der Waals surface area (Å²) in [5.74, 6) is 0.0283. The summed E-state index contributed by atoms with van der Waals surface area (Å²) in [4.78, 5) is 0. The number of phenols is 1. The Kier molecular flexibility index (Phi) is 4.45. The minimum absolute atomic E-state index is 0.0283. The van der Waals surface area contributed by atoms with Crippen molar-refractivity contribution in [2.75, 3.05) is 0 Å². The van der Waals surface area contributed by atoms with E-state index in [-0.39, 0.29) is 5.75 Å². The second kappa shape index (κ2) is 5.94. The zero-order chi connectivity index (χ0) is 14.9. The van der Waals surface area contributed by atoms with Crippen molar-refractivity contribution in [2.24, 2.45) is 10.2 Å². The molecule has 20 heavy (non-hydrogen) atoms. The van der Waals surface area contributed by atoms with Gasteiger partial charge in [-0.25, -0.2) is 0 Å². The number of azo groups is 1. The first kappa shape index (κ1) is 15.0. The van der Waals surface area contributed by atoms with E-state index in [1.54, 1.807) is 12.1 Å². The summed E-state index contributed by atoms with van der Waals surface area (Å²) in [6.45, 7) is 6.02. The maximum absolute atomic E-state index is 9.92. The number of nitrogens with zero attached hydrogens (tertiary/aromatic N) is 2. The van der Waals surface area contributed by atoms with E-state index in [0.717, 1.165) is 16.8 Å². The molecule has 0 aliphatic rings. The minimum Gasteiger partial charge on any atom is -0.505 e. The normalized spacial score (nSPS) is 11.2. The SMILES string of the molecule is Cc1cc(C)c(N=Nc2cc(Cl)cc(Br)c2O)c(C)c1. The number of aryl methyl sites for hydroxylation is 3. The highest BCUT2D eigenvalue weighted by Gasteiger charge is 2.08. The van der Waals surface area contributed by atoms with Crippen LogP contribution in [0.5, 0.6) is 5.75 Å². The molecule has 0 radical (unpaired) electrons. The van der Waals surface area contributed by atoms with Crippen molar-refractivity contribution in [3.8, 4) is 5.75 Å². The van der Waals surface area contributed by atoms with Gasteiger partial charge in [-0.1, -0.05) is 29.3 Å². The van der Waals surface area contributed by atoms with Gasteiger partial charge in [-0.05, 0) is 60.0 Å². The van der Waals surface area contributed by atoms with E-state index in [1.165, 1.54) is 5.56 Å². The molecule has 0 aliphatic heterocycles. The van der Waals surface area contributed by atoms with Crippen LogP contribution in [0.4, 0.5) is 11.4 Å². The summed E-state index contributed by atoms with van der Waals surface area (Å²) in [5, 5.41) is 18.8. The molecule has 2 aromatic carbocycles. The molecular formula is C15H14BrClN2O. The first-order valence-electron chi connectivity index (χ1n) is 6.06. The molecule has 0 amide bonds. The molecule has 3 nitrogen and oxygen atoms in total. The van der Waals surface area contributed by atoms with Gasteiger partial charge in [0.1, 0.15) is 5.69 Å². The lowest BCUT2D eigenvalue weighted by Crippen LogP contribution is -1.82. The minimum atomic E-state index is 0.0283. The van der Waals surface area contributed by atoms with Crippen molar-refractivity contribution < 1.29 is 5.11 Å². The maximum Gasteiger partial charge on any atom is 0.157 e. The predicted octanol–water partition coefficient (Wildman–Crippen LogP) is 6.15. The van der Waals surface area contributed by atoms with Crippen molar-refractivity contribution in [1.82, 2.24) is 0 Å². The third-order valence-corrected chi connectivity index (χ3v) is 3.72. The van der Waals surface area contributed by atoms with Crippen molar-refractivity contribution in [3.63, 3.8) is 0 Å². The number of phenolic OH excluding ortho intramolecular Hbond substituents is 1. The molecule has 0 atom stereocenters. The Bertz CT molecular complexity index is 676. The average molecular weight is 354 g/mol. The van der Waals surface area contributed by atoms with Gasteiger partial charge >= 0.3 is 0 Å². The summed E-state index contributed by atoms with van der Waals surface area (Å²) in [6.07, 6.45) is 0. The lowest BCUT2D eigenvalue weighted by atomic mass is 10.1. The third-order valence-electron chi connectivity index (χ3n) is 2.90. The topological polar surface area (TPSA) is 45.0 Å². The van der Waals surface area contributed by atoms with E-state index < -0.39 is 0 Å². The number of benzene rings is 2. The van der Waals surface area contributed by atoms with Crippen LogP contribution in [0, 0.1) is 20.8 Å². The van der Waals surface area contributed by atoms with Gasteiger partial charge in [-0.3, -0.25) is 0 Å². The Morgan fingerprint density at radius 1 is 1.00 bits per heavy atom. The second-order valence-corrected chi connectivity index (χ2v) is 5.99. The number of rotatable bonds is 2. The molecule has 0 spiro atoms. The molecule has 2 rings (SSSR count). The van der Waals surface area contributed by atoms with E-state index >= 15 is 0 Å². The van der Waals surface area contributed by atoms with Crippen LogP contribution in [0.25, 0.3) is 0 Å². The molecule has 0 unspecified atom stereocenters. The van der Waals surface area contributed by atoms with Gasteiger partial charge in [0, 0.05) is 5.02 Å². The van der Waals surface area contributed by atoms with Crippen molar-refractivity contribution in [1.29, 1.82) is 0 Å². The molecule has 1 N–H and O–H groups in total. The highest BCUT2D eigenvalue weighted by molar-refractivity contribution is 9.10. The van der Waals surface area contributed by atoms with Crippen LogP contribution in [0.3, 0.4) is 0 Å². The Morgan fingerprint density at radius 3 is 2.20 bits per heavy atom. The van der Waals surface area contributed by atoms with Crippen LogP contribution < -0.4 is 0 Å². The van der Waals surface area contributed by atoms with Gasteiger partial charge in [0.2, 0.25) is 0 Å². The summed E-state index contributed by atoms with van der Waals surface area (Å²) in [6, 6.07) is 7.28. The standard InChI is InChI=1S/C15H14BrClN2O/c1-8-4-9(2)14(10(3)5-8)19-18-13-7-11(17)6-12(16)15(13)20/h4-7,20H,1-3H3. The van der Waals surface area contributed by atoms with Gasteiger partial charge in [0.25, 0.3) is 0 Å². The molecule has 0 saturated carbocycles. The van der Waals surface area contributed by atoms with Crippen LogP contribution in [-0.4, -0.2) is 5.11 Å². The van der Waals surface area contributed by atoms with E-state index in [2.05, 4.69) is 38.3 Å². The first-order chi connectivity index (χ1) is 9.38. The van der Waals surface area contributed by atoms with Crippen LogP contribution in [0.2, 0.25) is 5.02 Å². The van der Waals surface area contributed by atoms with Crippen LogP contribution >= 0.6 is 27.5 Å². The van der Waals surface area contributed by atoms with Gasteiger partial charge in [0.05, 0.1) is 10.2 Å². The lowest BCUT2D eigenvalue weighted by molar-refractivity contribution is 0.473. The van der Waals surface area contributed by atoms with Gasteiger partial charge in [-0.15, -0.1) is 10.2 Å². The van der Waals surface area contributed by atoms with Gasteiger partial charge < -0.3 is 5.11 Å². The predicted molar refractivity (Wildman–Crippen MR) is 85.6 cm³/mol. The molecule has 5 heteroatoms. The second-order valence-electron chi connectivity index (χ2n) is 4.70. The van der Waals surface area contributed by atoms with Crippen LogP contribution in [0.1, 0.15) is 16.7 Å². The first-order valence-corrected chi connectivity index (χ1v) is 7.23. The van der Waals surface area contributed by atoms with E-state index in [1.807, 2.05) is 20.8 Å². The molecule has 0 aliphatic carbocycles. The van der Waals surface area contributed by atoms with Crippen LogP contribution in [-0.2, 0) is 0 Å². The molecule has 0 fully saturated rings. The third kappa shape index (κ3) is 3.19. The number of aromatic hydroxyl groups is 1. The lowest BCUT2D eigenvalue weighted by Gasteiger charge is -2.06. The summed E-state index contributed by atoms with van der Waals surface area (Å²) in [7, 11) is 0. The van der Waals surface area contributed by atoms with Crippen molar-refractivity contribution >= 4 is 38.9 Å². The number of halogens is 2. The van der Waals surface area contributed by atoms with E-state index in [4.69, 9.17) is 11.6 Å². The Morgan fingerprint density at radius 2 is 1.60 bits per heavy atom. The number of hydrogen-bond acceptors (Lipinski definition) is 3. The van der Waals surface area contributed by atoms with Crippen molar-refractivity contribution in [3.05, 3.63) is 50.5 Å². The largest absolute Gasteiger partial charge is 0.505 e. The quantitative estimate of drug-likeness (QED) is 0.647. The van der Waals surface area contributed by atoms with Crippen molar-refractivity contribution in [2.45, 2.75) is 20.8 Å². The molecule has 2 aromatic rings. The Labute approximate surface area is 131 Å². The van der Waals surface area contributed by atoms with E-state index in [9.17, 15) is 5.11 Å². The van der Waals surface area contributed by atoms with Gasteiger partial charge in [-0.2, -0.15) is 0 Å². The molecular weight excluding hydrogens is 340 g/mol. The average Bonchev–Trinajstić information content (AvgIpc) is 2.33. The molecule has 104 valence electrons. The molecule has 0 saturated heterocycles. The molecule has 0 bridgehead atoms. The summed E-state index contributed by atoms with van der Waals surface area (Å²) >= 11 is 9.17. The zero-order valence-corrected chi connectivity index (χ0v) is 13.7. The maximum atomic E-state index is 9.92. The zero-order valence-electron chi connectivity index (χ0n) is 11.4. The fourth-order valence-electron chi connectivity index (χ4n) is 2.06. The Balaban J connectivity index is 2.45. The monoisotopic (exact) mass is 352 g/mol.